The van der Waals surface area contributed by atoms with Gasteiger partial charge in [0, 0.05) is 19.1 Å². The van der Waals surface area contributed by atoms with Crippen LogP contribution in [0.1, 0.15) is 63.2 Å². The zero-order chi connectivity index (χ0) is 20.0. The Balaban J connectivity index is 2.23. The number of nitrogens with one attached hydrogen (secondary N) is 1. The van der Waals surface area contributed by atoms with Crippen molar-refractivity contribution in [1.82, 2.24) is 9.62 Å². The molecule has 0 saturated heterocycles. The molecule has 1 aromatic carbocycles. The van der Waals surface area contributed by atoms with E-state index < -0.39 is 10.0 Å². The maximum absolute atomic E-state index is 12.8. The summed E-state index contributed by atoms with van der Waals surface area (Å²) in [6.45, 7) is 6.56. The van der Waals surface area contributed by atoms with E-state index in [9.17, 15) is 13.2 Å². The number of carbonyl (C=O) groups excluding carboxylic acids is 1. The summed E-state index contributed by atoms with van der Waals surface area (Å²) >= 11 is 0. The summed E-state index contributed by atoms with van der Waals surface area (Å²) in [6, 6.07) is 4.61. The van der Waals surface area contributed by atoms with Crippen LogP contribution in [0.15, 0.2) is 23.1 Å². The maximum atomic E-state index is 12.8. The van der Waals surface area contributed by atoms with Gasteiger partial charge in [-0.05, 0) is 49.8 Å². The standard InChI is InChI=1S/C20H32N2O4S/c1-5-15-8-10-16(11-9-15)21-20(23)18-14-17(12-13-19(18)26-4)27(24,25)22(6-2)7-3/h12-16H,5-11H2,1-4H3,(H,21,23). The molecule has 0 spiro atoms. The molecule has 1 fully saturated rings. The first kappa shape index (κ1) is 21.7. The number of hydrogen-bond acceptors (Lipinski definition) is 4. The van der Waals surface area contributed by atoms with Crippen LogP contribution in [0.25, 0.3) is 0 Å². The monoisotopic (exact) mass is 396 g/mol. The van der Waals surface area contributed by atoms with E-state index in [0.717, 1.165) is 31.6 Å². The van der Waals surface area contributed by atoms with Crippen LogP contribution in [0.4, 0.5) is 0 Å². The van der Waals surface area contributed by atoms with Gasteiger partial charge in [0.1, 0.15) is 5.75 Å². The highest BCUT2D eigenvalue weighted by Crippen LogP contribution is 2.28. The molecule has 7 heteroatoms. The summed E-state index contributed by atoms with van der Waals surface area (Å²) in [5, 5.41) is 3.06. The van der Waals surface area contributed by atoms with Crippen molar-refractivity contribution >= 4 is 15.9 Å². The molecule has 0 bridgehead atoms. The fourth-order valence-corrected chi connectivity index (χ4v) is 5.20. The fraction of sp³-hybridized carbons (Fsp3) is 0.650. The first-order valence-corrected chi connectivity index (χ1v) is 11.3. The Morgan fingerprint density at radius 2 is 1.78 bits per heavy atom. The number of amides is 1. The zero-order valence-electron chi connectivity index (χ0n) is 16.8. The first-order chi connectivity index (χ1) is 12.9. The van der Waals surface area contributed by atoms with Crippen LogP contribution in [-0.4, -0.2) is 44.9 Å². The Morgan fingerprint density at radius 3 is 2.30 bits per heavy atom. The zero-order valence-corrected chi connectivity index (χ0v) is 17.6. The molecule has 2 rings (SSSR count). The van der Waals surface area contributed by atoms with Crippen LogP contribution in [0, 0.1) is 5.92 Å². The Morgan fingerprint density at radius 1 is 1.15 bits per heavy atom. The Bertz CT molecular complexity index is 736. The van der Waals surface area contributed by atoms with Gasteiger partial charge in [-0.25, -0.2) is 8.42 Å². The molecule has 6 nitrogen and oxygen atoms in total. The third-order valence-electron chi connectivity index (χ3n) is 5.52. The number of nitrogens with zero attached hydrogens (tertiary/aromatic N) is 1. The normalized spacial score (nSPS) is 20.5. The molecule has 0 aromatic heterocycles. The number of ether oxygens (including phenoxy) is 1. The molecule has 0 unspecified atom stereocenters. The molecule has 27 heavy (non-hydrogen) atoms. The minimum absolute atomic E-state index is 0.117. The predicted octanol–water partition coefficient (Wildman–Crippen LogP) is 3.42. The molecule has 152 valence electrons. The summed E-state index contributed by atoms with van der Waals surface area (Å²) < 4.78 is 32.2. The number of hydrogen-bond donors (Lipinski definition) is 1. The minimum atomic E-state index is -3.63. The second-order valence-electron chi connectivity index (χ2n) is 7.05. The largest absolute Gasteiger partial charge is 0.496 e. The molecule has 1 saturated carbocycles. The highest BCUT2D eigenvalue weighted by atomic mass is 32.2. The lowest BCUT2D eigenvalue weighted by Crippen LogP contribution is -2.38. The van der Waals surface area contributed by atoms with E-state index in [0.29, 0.717) is 18.8 Å². The van der Waals surface area contributed by atoms with Crippen molar-refractivity contribution in [3.05, 3.63) is 23.8 Å². The van der Waals surface area contributed by atoms with E-state index in [1.165, 1.54) is 30.0 Å². The van der Waals surface area contributed by atoms with Crippen LogP contribution in [0.5, 0.6) is 5.75 Å². The smallest absolute Gasteiger partial charge is 0.255 e. The van der Waals surface area contributed by atoms with Crippen LogP contribution in [-0.2, 0) is 10.0 Å². The van der Waals surface area contributed by atoms with Gasteiger partial charge in [0.05, 0.1) is 17.6 Å². The van der Waals surface area contributed by atoms with E-state index in [4.69, 9.17) is 4.74 Å². The lowest BCUT2D eigenvalue weighted by molar-refractivity contribution is 0.0918. The Hall–Kier alpha value is -1.60. The average molecular weight is 397 g/mol. The van der Waals surface area contributed by atoms with E-state index in [-0.39, 0.29) is 22.4 Å². The minimum Gasteiger partial charge on any atom is -0.496 e. The average Bonchev–Trinajstić information content (AvgIpc) is 2.68. The lowest BCUT2D eigenvalue weighted by atomic mass is 9.84. The Kier molecular flexibility index (Phi) is 7.68. The molecular formula is C20H32N2O4S. The number of sulfonamides is 1. The van der Waals surface area contributed by atoms with Gasteiger partial charge in [-0.1, -0.05) is 27.2 Å². The number of carbonyl (C=O) groups is 1. The number of methoxy groups -OCH3 is 1. The van der Waals surface area contributed by atoms with Crippen molar-refractivity contribution in [3.63, 3.8) is 0 Å². The molecule has 1 aliphatic carbocycles. The third-order valence-corrected chi connectivity index (χ3v) is 7.56. The van der Waals surface area contributed by atoms with Gasteiger partial charge in [-0.2, -0.15) is 4.31 Å². The molecule has 1 aliphatic rings. The summed E-state index contributed by atoms with van der Waals surface area (Å²) in [6.07, 6.45) is 5.34. The lowest BCUT2D eigenvalue weighted by Gasteiger charge is -2.28. The van der Waals surface area contributed by atoms with E-state index in [1.54, 1.807) is 19.9 Å². The Labute approximate surface area is 163 Å². The van der Waals surface area contributed by atoms with Crippen LogP contribution < -0.4 is 10.1 Å². The number of benzene rings is 1. The van der Waals surface area contributed by atoms with Crippen LogP contribution >= 0.6 is 0 Å². The highest BCUT2D eigenvalue weighted by molar-refractivity contribution is 7.89. The molecule has 1 amide bonds. The van der Waals surface area contributed by atoms with E-state index in [2.05, 4.69) is 12.2 Å². The molecule has 0 atom stereocenters. The topological polar surface area (TPSA) is 75.7 Å². The fourth-order valence-electron chi connectivity index (χ4n) is 3.72. The predicted molar refractivity (Wildman–Crippen MR) is 107 cm³/mol. The van der Waals surface area contributed by atoms with Gasteiger partial charge in [0.2, 0.25) is 10.0 Å². The molecule has 0 aliphatic heterocycles. The van der Waals surface area contributed by atoms with Crippen molar-refractivity contribution < 1.29 is 17.9 Å². The summed E-state index contributed by atoms with van der Waals surface area (Å²) in [5.41, 5.74) is 0.267. The third kappa shape index (κ3) is 5.02. The van der Waals surface area contributed by atoms with Crippen molar-refractivity contribution in [3.8, 4) is 5.75 Å². The second kappa shape index (κ2) is 9.55. The van der Waals surface area contributed by atoms with Gasteiger partial charge in [-0.15, -0.1) is 0 Å². The van der Waals surface area contributed by atoms with Gasteiger partial charge in [-0.3, -0.25) is 4.79 Å². The molecule has 0 heterocycles. The second-order valence-corrected chi connectivity index (χ2v) is 8.99. The van der Waals surface area contributed by atoms with Gasteiger partial charge < -0.3 is 10.1 Å². The summed E-state index contributed by atoms with van der Waals surface area (Å²) in [4.78, 5) is 12.9. The van der Waals surface area contributed by atoms with Crippen molar-refractivity contribution in [2.45, 2.75) is 63.8 Å². The first-order valence-electron chi connectivity index (χ1n) is 9.86. The quantitative estimate of drug-likeness (QED) is 0.730. The van der Waals surface area contributed by atoms with E-state index in [1.807, 2.05) is 0 Å². The summed E-state index contributed by atoms with van der Waals surface area (Å²) in [5.74, 6) is 0.854. The number of rotatable bonds is 8. The SMILES string of the molecule is CCC1CCC(NC(=O)c2cc(S(=O)(=O)N(CC)CC)ccc2OC)CC1. The van der Waals surface area contributed by atoms with Crippen molar-refractivity contribution in [2.24, 2.45) is 5.92 Å². The molecule has 0 radical (unpaired) electrons. The maximum Gasteiger partial charge on any atom is 0.255 e. The molecule has 1 aromatic rings. The van der Waals surface area contributed by atoms with E-state index >= 15 is 0 Å². The molecule has 1 N–H and O–H groups in total. The van der Waals surface area contributed by atoms with Gasteiger partial charge >= 0.3 is 0 Å². The van der Waals surface area contributed by atoms with Crippen LogP contribution in [0.3, 0.4) is 0 Å². The molecular weight excluding hydrogens is 364 g/mol. The van der Waals surface area contributed by atoms with Crippen molar-refractivity contribution in [1.29, 1.82) is 0 Å². The van der Waals surface area contributed by atoms with Crippen molar-refractivity contribution in [2.75, 3.05) is 20.2 Å². The highest BCUT2D eigenvalue weighted by Gasteiger charge is 2.26. The summed E-state index contributed by atoms with van der Waals surface area (Å²) in [7, 11) is -2.14. The van der Waals surface area contributed by atoms with Gasteiger partial charge in [0.25, 0.3) is 5.91 Å². The van der Waals surface area contributed by atoms with Gasteiger partial charge in [0.15, 0.2) is 0 Å². The van der Waals surface area contributed by atoms with Crippen LogP contribution in [0.2, 0.25) is 0 Å².